The van der Waals surface area contributed by atoms with Gasteiger partial charge in [-0.05, 0) is 55.4 Å². The molecule has 2 atom stereocenters. The summed E-state index contributed by atoms with van der Waals surface area (Å²) in [5.41, 5.74) is 2.50. The van der Waals surface area contributed by atoms with Gasteiger partial charge in [-0.15, -0.1) is 0 Å². The lowest BCUT2D eigenvalue weighted by Crippen LogP contribution is -2.44. The van der Waals surface area contributed by atoms with Crippen LogP contribution in [0.2, 0.25) is 5.02 Å². The highest BCUT2D eigenvalue weighted by atomic mass is 35.5. The third-order valence-corrected chi connectivity index (χ3v) is 6.25. The van der Waals surface area contributed by atoms with Gasteiger partial charge < -0.3 is 14.4 Å². The van der Waals surface area contributed by atoms with E-state index in [9.17, 15) is 9.18 Å². The number of hydrogen-bond acceptors (Lipinski definition) is 3. The second-order valence-corrected chi connectivity index (χ2v) is 8.33. The smallest absolute Gasteiger partial charge is 0.293 e. The van der Waals surface area contributed by atoms with Crippen LogP contribution in [0.1, 0.15) is 37.7 Å². The zero-order chi connectivity index (χ0) is 20.7. The molecule has 3 heterocycles. The number of amides is 1. The molecule has 30 heavy (non-hydrogen) atoms. The average Bonchev–Trinajstić information content (AvgIpc) is 3.03. The minimum Gasteiger partial charge on any atom is -0.465 e. The van der Waals surface area contributed by atoms with Gasteiger partial charge in [-0.25, -0.2) is 4.39 Å². The fourth-order valence-corrected chi connectivity index (χ4v) is 4.75. The van der Waals surface area contributed by atoms with Crippen LogP contribution in [0.15, 0.2) is 72.1 Å². The third kappa shape index (κ3) is 3.47. The molecule has 6 heteroatoms. The summed E-state index contributed by atoms with van der Waals surface area (Å²) in [5.74, 6) is 0.250. The second-order valence-electron chi connectivity index (χ2n) is 7.89. The number of carbonyl (C=O) groups is 1. The molecule has 2 bridgehead atoms. The van der Waals surface area contributed by atoms with Crippen LogP contribution in [0.25, 0.3) is 5.57 Å². The molecule has 2 unspecified atom stereocenters. The second kappa shape index (κ2) is 7.80. The summed E-state index contributed by atoms with van der Waals surface area (Å²) in [6.07, 6.45) is 15.1. The van der Waals surface area contributed by atoms with E-state index in [2.05, 4.69) is 6.08 Å². The Kier molecular flexibility index (Phi) is 4.99. The molecule has 154 valence electrons. The first-order valence-corrected chi connectivity index (χ1v) is 10.6. The van der Waals surface area contributed by atoms with Crippen LogP contribution in [0.3, 0.4) is 0 Å². The highest BCUT2D eigenvalue weighted by Gasteiger charge is 2.42. The molecule has 0 saturated carbocycles. The van der Waals surface area contributed by atoms with Gasteiger partial charge in [0.1, 0.15) is 18.3 Å². The number of rotatable bonds is 3. The number of halogens is 2. The van der Waals surface area contributed by atoms with Gasteiger partial charge in [-0.2, -0.15) is 0 Å². The van der Waals surface area contributed by atoms with Crippen LogP contribution < -0.4 is 0 Å². The summed E-state index contributed by atoms with van der Waals surface area (Å²) < 4.78 is 25.8. The van der Waals surface area contributed by atoms with Gasteiger partial charge in [0.25, 0.3) is 5.91 Å². The molecule has 0 N–H and O–H groups in total. The first-order valence-electron chi connectivity index (χ1n) is 10.2. The number of hydrogen-bond donors (Lipinski definition) is 0. The molecule has 1 amide bonds. The largest absolute Gasteiger partial charge is 0.465 e. The van der Waals surface area contributed by atoms with Crippen molar-refractivity contribution in [2.24, 2.45) is 0 Å². The van der Waals surface area contributed by atoms with Crippen LogP contribution in [-0.2, 0) is 14.3 Å². The van der Waals surface area contributed by atoms with Crippen molar-refractivity contribution in [3.8, 4) is 0 Å². The molecule has 1 aromatic rings. The fourth-order valence-electron chi connectivity index (χ4n) is 4.59. The zero-order valence-electron chi connectivity index (χ0n) is 16.3. The van der Waals surface area contributed by atoms with E-state index in [1.807, 2.05) is 23.1 Å². The monoisotopic (exact) mass is 425 g/mol. The van der Waals surface area contributed by atoms with Gasteiger partial charge in [0.2, 0.25) is 5.76 Å². The minimum atomic E-state index is -0.329. The van der Waals surface area contributed by atoms with E-state index >= 15 is 0 Å². The van der Waals surface area contributed by atoms with Crippen molar-refractivity contribution in [2.75, 3.05) is 0 Å². The van der Waals surface area contributed by atoms with E-state index in [0.29, 0.717) is 22.8 Å². The van der Waals surface area contributed by atoms with Crippen LogP contribution in [0, 0.1) is 5.82 Å². The van der Waals surface area contributed by atoms with Crippen molar-refractivity contribution in [2.45, 2.75) is 44.2 Å². The number of fused-ring (bicyclic) bond motifs is 2. The van der Waals surface area contributed by atoms with Crippen molar-refractivity contribution < 1.29 is 18.7 Å². The number of allylic oxidation sites excluding steroid dienone is 4. The maximum atomic E-state index is 14.4. The van der Waals surface area contributed by atoms with Gasteiger partial charge >= 0.3 is 0 Å². The lowest BCUT2D eigenvalue weighted by Gasteiger charge is -2.35. The number of carbonyl (C=O) groups excluding carboxylic acids is 1. The molecular weight excluding hydrogens is 405 g/mol. The molecule has 3 aliphatic heterocycles. The summed E-state index contributed by atoms with van der Waals surface area (Å²) >= 11 is 5.89. The first-order chi connectivity index (χ1) is 14.6. The summed E-state index contributed by atoms with van der Waals surface area (Å²) in [6, 6.07) is 4.66. The predicted molar refractivity (Wildman–Crippen MR) is 112 cm³/mol. The van der Waals surface area contributed by atoms with Crippen molar-refractivity contribution in [3.63, 3.8) is 0 Å². The number of benzene rings is 1. The molecule has 1 aromatic carbocycles. The topological polar surface area (TPSA) is 38.8 Å². The molecule has 0 aromatic heterocycles. The van der Waals surface area contributed by atoms with E-state index < -0.39 is 0 Å². The van der Waals surface area contributed by atoms with E-state index in [1.54, 1.807) is 12.1 Å². The Labute approximate surface area is 179 Å². The third-order valence-electron chi connectivity index (χ3n) is 6.02. The van der Waals surface area contributed by atoms with Gasteiger partial charge in [0.05, 0.1) is 6.04 Å². The van der Waals surface area contributed by atoms with Crippen LogP contribution in [0.4, 0.5) is 4.39 Å². The van der Waals surface area contributed by atoms with Gasteiger partial charge in [0, 0.05) is 16.6 Å². The molecule has 0 spiro atoms. The van der Waals surface area contributed by atoms with E-state index in [-0.39, 0.29) is 29.6 Å². The quantitative estimate of drug-likeness (QED) is 0.629. The van der Waals surface area contributed by atoms with Gasteiger partial charge in [0.15, 0.2) is 5.76 Å². The lowest BCUT2D eigenvalue weighted by atomic mass is 9.94. The summed E-state index contributed by atoms with van der Waals surface area (Å²) in [6.45, 7) is 0. The molecular formula is C24H21ClFNO3. The normalized spacial score (nSPS) is 24.9. The fraction of sp³-hybridized carbons (Fsp3) is 0.292. The standard InChI is InChI=1S/C24H21ClFNO3/c25-17-6-9-20(21(26)12-17)16-10-18-7-8-19(11-16)27(18)24(28)23-14-29-13-22(30-23)15-4-2-1-3-5-15/h1-2,4,6,9-10,12-14,18-19H,3,5,7-8,11H2. The molecule has 1 aliphatic carbocycles. The maximum absolute atomic E-state index is 14.4. The van der Waals surface area contributed by atoms with E-state index in [4.69, 9.17) is 21.1 Å². The van der Waals surface area contributed by atoms with Crippen LogP contribution in [-0.4, -0.2) is 22.9 Å². The molecule has 5 rings (SSSR count). The Morgan fingerprint density at radius 2 is 2.10 bits per heavy atom. The molecule has 1 saturated heterocycles. The van der Waals surface area contributed by atoms with Gasteiger partial charge in [-0.3, -0.25) is 4.79 Å². The Hall–Kier alpha value is -2.79. The summed E-state index contributed by atoms with van der Waals surface area (Å²) in [7, 11) is 0. The van der Waals surface area contributed by atoms with Crippen molar-refractivity contribution in [1.82, 2.24) is 4.90 Å². The van der Waals surface area contributed by atoms with E-state index in [0.717, 1.165) is 36.8 Å². The Bertz CT molecular complexity index is 1050. The molecule has 4 nitrogen and oxygen atoms in total. The number of ether oxygens (including phenoxy) is 2. The molecule has 4 aliphatic rings. The van der Waals surface area contributed by atoms with Crippen molar-refractivity contribution in [3.05, 3.63) is 88.5 Å². The number of nitrogens with zero attached hydrogens (tertiary/aromatic N) is 1. The summed E-state index contributed by atoms with van der Waals surface area (Å²) in [5, 5.41) is 0.376. The van der Waals surface area contributed by atoms with Crippen molar-refractivity contribution in [1.29, 1.82) is 0 Å². The maximum Gasteiger partial charge on any atom is 0.293 e. The summed E-state index contributed by atoms with van der Waals surface area (Å²) in [4.78, 5) is 15.1. The predicted octanol–water partition coefficient (Wildman–Crippen LogP) is 5.63. The van der Waals surface area contributed by atoms with E-state index in [1.165, 1.54) is 18.6 Å². The Balaban J connectivity index is 1.35. The average molecular weight is 426 g/mol. The SMILES string of the molecule is O=C(C1=COC=C(C2=CC=CCC2)O1)N1C2C=C(c3ccc(Cl)cc3F)CC1CC2. The first kappa shape index (κ1) is 19.2. The zero-order valence-corrected chi connectivity index (χ0v) is 17.1. The lowest BCUT2D eigenvalue weighted by molar-refractivity contribution is -0.132. The Morgan fingerprint density at radius 3 is 2.87 bits per heavy atom. The molecule has 0 radical (unpaired) electrons. The van der Waals surface area contributed by atoms with Crippen LogP contribution >= 0.6 is 11.6 Å². The van der Waals surface area contributed by atoms with Gasteiger partial charge in [-0.1, -0.05) is 42.0 Å². The van der Waals surface area contributed by atoms with Crippen molar-refractivity contribution >= 4 is 23.1 Å². The highest BCUT2D eigenvalue weighted by Crippen LogP contribution is 2.40. The van der Waals surface area contributed by atoms with Crippen LogP contribution in [0.5, 0.6) is 0 Å². The Morgan fingerprint density at radius 1 is 1.20 bits per heavy atom. The molecule has 1 fully saturated rings. The minimum absolute atomic E-state index is 0.00765. The highest BCUT2D eigenvalue weighted by molar-refractivity contribution is 6.30.